The minimum atomic E-state index is 0.0981. The van der Waals surface area contributed by atoms with E-state index in [2.05, 4.69) is 35.2 Å². The van der Waals surface area contributed by atoms with Crippen LogP contribution in [0.4, 0.5) is 4.79 Å². The van der Waals surface area contributed by atoms with Gasteiger partial charge in [-0.25, -0.2) is 4.79 Å². The number of fused-ring (bicyclic) bond motifs is 1. The topological polar surface area (TPSA) is 44.8 Å². The molecule has 2 amide bonds. The third-order valence-corrected chi connectivity index (χ3v) is 5.76. The first kappa shape index (κ1) is 18.1. The standard InChI is InChI=1S/C20H31N3O2/c1-15(17-8-4-5-9-19(17)25-3)13-21-20(24)23-11-6-7-16-14-22(2)12-10-18(16)23/h4-5,8-9,15-16,18H,6-7,10-14H2,1-3H3,(H,21,24). The van der Waals surface area contributed by atoms with Gasteiger partial charge in [-0.05, 0) is 50.4 Å². The summed E-state index contributed by atoms with van der Waals surface area (Å²) in [6.45, 7) is 5.86. The van der Waals surface area contributed by atoms with Crippen LogP contribution in [-0.4, -0.2) is 62.2 Å². The van der Waals surface area contributed by atoms with Crippen LogP contribution in [0, 0.1) is 5.92 Å². The number of piperidine rings is 2. The maximum atomic E-state index is 12.8. The minimum Gasteiger partial charge on any atom is -0.496 e. The van der Waals surface area contributed by atoms with E-state index in [4.69, 9.17) is 4.74 Å². The number of benzene rings is 1. The summed E-state index contributed by atoms with van der Waals surface area (Å²) in [5, 5.41) is 3.16. The molecule has 0 radical (unpaired) electrons. The number of methoxy groups -OCH3 is 1. The molecule has 2 aliphatic heterocycles. The van der Waals surface area contributed by atoms with Crippen molar-refractivity contribution in [3.63, 3.8) is 0 Å². The number of carbonyl (C=O) groups excluding carboxylic acids is 1. The van der Waals surface area contributed by atoms with E-state index in [1.807, 2.05) is 18.2 Å². The summed E-state index contributed by atoms with van der Waals surface area (Å²) in [5.74, 6) is 1.74. The Bertz CT molecular complexity index is 592. The van der Waals surface area contributed by atoms with Crippen LogP contribution in [0.15, 0.2) is 24.3 Å². The maximum Gasteiger partial charge on any atom is 0.317 e. The summed E-state index contributed by atoms with van der Waals surface area (Å²) >= 11 is 0. The molecular weight excluding hydrogens is 314 g/mol. The van der Waals surface area contributed by atoms with Gasteiger partial charge in [0.25, 0.3) is 0 Å². The van der Waals surface area contributed by atoms with Gasteiger partial charge in [0, 0.05) is 31.6 Å². The number of hydrogen-bond acceptors (Lipinski definition) is 3. The molecule has 138 valence electrons. The lowest BCUT2D eigenvalue weighted by molar-refractivity contribution is 0.0533. The highest BCUT2D eigenvalue weighted by atomic mass is 16.5. The van der Waals surface area contributed by atoms with E-state index in [1.54, 1.807) is 7.11 Å². The van der Waals surface area contributed by atoms with Gasteiger partial charge in [-0.1, -0.05) is 25.1 Å². The van der Waals surface area contributed by atoms with E-state index in [0.29, 0.717) is 18.5 Å². The molecule has 2 fully saturated rings. The van der Waals surface area contributed by atoms with Crippen molar-refractivity contribution in [1.29, 1.82) is 0 Å². The third-order valence-electron chi connectivity index (χ3n) is 5.76. The average Bonchev–Trinajstić information content (AvgIpc) is 2.65. The summed E-state index contributed by atoms with van der Waals surface area (Å²) in [6.07, 6.45) is 3.46. The maximum absolute atomic E-state index is 12.8. The van der Waals surface area contributed by atoms with Crippen LogP contribution in [0.5, 0.6) is 5.75 Å². The van der Waals surface area contributed by atoms with E-state index in [-0.39, 0.29) is 11.9 Å². The monoisotopic (exact) mass is 345 g/mol. The second kappa shape index (κ2) is 8.09. The molecule has 3 atom stereocenters. The Kier molecular flexibility index (Phi) is 5.84. The number of hydrogen-bond donors (Lipinski definition) is 1. The molecule has 5 heteroatoms. The number of urea groups is 1. The summed E-state index contributed by atoms with van der Waals surface area (Å²) < 4.78 is 5.44. The van der Waals surface area contributed by atoms with Gasteiger partial charge in [0.1, 0.15) is 5.75 Å². The molecular formula is C20H31N3O2. The molecule has 5 nitrogen and oxygen atoms in total. The number of carbonyl (C=O) groups is 1. The Labute approximate surface area is 151 Å². The largest absolute Gasteiger partial charge is 0.496 e. The van der Waals surface area contributed by atoms with Gasteiger partial charge in [0.15, 0.2) is 0 Å². The molecule has 0 aliphatic carbocycles. The van der Waals surface area contributed by atoms with Crippen LogP contribution in [-0.2, 0) is 0 Å². The Morgan fingerprint density at radius 1 is 1.32 bits per heavy atom. The van der Waals surface area contributed by atoms with Gasteiger partial charge < -0.3 is 19.9 Å². The molecule has 1 aromatic rings. The van der Waals surface area contributed by atoms with Gasteiger partial charge in [0.2, 0.25) is 0 Å². The molecule has 0 spiro atoms. The van der Waals surface area contributed by atoms with E-state index >= 15 is 0 Å². The van der Waals surface area contributed by atoms with E-state index < -0.39 is 0 Å². The number of likely N-dealkylation sites (tertiary alicyclic amines) is 2. The van der Waals surface area contributed by atoms with E-state index in [9.17, 15) is 4.79 Å². The van der Waals surface area contributed by atoms with Crippen molar-refractivity contribution in [3.05, 3.63) is 29.8 Å². The first-order valence-electron chi connectivity index (χ1n) is 9.46. The van der Waals surface area contributed by atoms with Crippen molar-refractivity contribution in [1.82, 2.24) is 15.1 Å². The average molecular weight is 345 g/mol. The van der Waals surface area contributed by atoms with Gasteiger partial charge in [-0.2, -0.15) is 0 Å². The Morgan fingerprint density at radius 2 is 2.12 bits per heavy atom. The molecule has 3 rings (SSSR count). The summed E-state index contributed by atoms with van der Waals surface area (Å²) in [7, 11) is 3.88. The molecule has 1 aromatic carbocycles. The highest BCUT2D eigenvalue weighted by Gasteiger charge is 2.37. The Morgan fingerprint density at radius 3 is 2.92 bits per heavy atom. The first-order valence-corrected chi connectivity index (χ1v) is 9.46. The van der Waals surface area contributed by atoms with Crippen molar-refractivity contribution in [3.8, 4) is 5.75 Å². The summed E-state index contributed by atoms with van der Waals surface area (Å²) in [5.41, 5.74) is 1.14. The van der Waals surface area contributed by atoms with Gasteiger partial charge in [-0.3, -0.25) is 0 Å². The fraction of sp³-hybridized carbons (Fsp3) is 0.650. The fourth-order valence-corrected chi connectivity index (χ4v) is 4.36. The van der Waals surface area contributed by atoms with Gasteiger partial charge >= 0.3 is 6.03 Å². The zero-order valence-corrected chi connectivity index (χ0v) is 15.7. The first-order chi connectivity index (χ1) is 12.1. The van der Waals surface area contributed by atoms with Crippen LogP contribution in [0.3, 0.4) is 0 Å². The number of para-hydroxylation sites is 1. The van der Waals surface area contributed by atoms with Crippen LogP contribution in [0.2, 0.25) is 0 Å². The zero-order chi connectivity index (χ0) is 17.8. The smallest absolute Gasteiger partial charge is 0.317 e. The number of ether oxygens (including phenoxy) is 1. The summed E-state index contributed by atoms with van der Waals surface area (Å²) in [4.78, 5) is 17.3. The van der Waals surface area contributed by atoms with Crippen molar-refractivity contribution in [2.75, 3.05) is 40.3 Å². The molecule has 2 heterocycles. The van der Waals surface area contributed by atoms with E-state index in [0.717, 1.165) is 43.8 Å². The van der Waals surface area contributed by atoms with E-state index in [1.165, 1.54) is 6.42 Å². The van der Waals surface area contributed by atoms with Crippen LogP contribution in [0.1, 0.15) is 37.7 Å². The van der Waals surface area contributed by atoms with Gasteiger partial charge in [0.05, 0.1) is 7.11 Å². The predicted octanol–water partition coefficient (Wildman–Crippen LogP) is 2.92. The Hall–Kier alpha value is -1.75. The van der Waals surface area contributed by atoms with Crippen molar-refractivity contribution in [2.45, 2.75) is 38.1 Å². The summed E-state index contributed by atoms with van der Waals surface area (Å²) in [6, 6.07) is 8.55. The van der Waals surface area contributed by atoms with Crippen molar-refractivity contribution >= 4 is 6.03 Å². The molecule has 2 saturated heterocycles. The van der Waals surface area contributed by atoms with Crippen molar-refractivity contribution in [2.24, 2.45) is 5.92 Å². The van der Waals surface area contributed by atoms with Crippen LogP contribution in [0.25, 0.3) is 0 Å². The molecule has 3 unspecified atom stereocenters. The number of amides is 2. The second-order valence-corrected chi connectivity index (χ2v) is 7.54. The van der Waals surface area contributed by atoms with Crippen LogP contribution < -0.4 is 10.1 Å². The fourth-order valence-electron chi connectivity index (χ4n) is 4.36. The normalized spacial score (nSPS) is 25.2. The lowest BCUT2D eigenvalue weighted by atomic mass is 9.84. The minimum absolute atomic E-state index is 0.0981. The quantitative estimate of drug-likeness (QED) is 0.912. The zero-order valence-electron chi connectivity index (χ0n) is 15.7. The van der Waals surface area contributed by atoms with Crippen molar-refractivity contribution < 1.29 is 9.53 Å². The molecule has 2 aliphatic rings. The predicted molar refractivity (Wildman–Crippen MR) is 100 cm³/mol. The second-order valence-electron chi connectivity index (χ2n) is 7.54. The molecule has 0 aromatic heterocycles. The lowest BCUT2D eigenvalue weighted by Crippen LogP contribution is -2.57. The number of nitrogens with one attached hydrogen (secondary N) is 1. The Balaban J connectivity index is 1.58. The molecule has 25 heavy (non-hydrogen) atoms. The van der Waals surface area contributed by atoms with Gasteiger partial charge in [-0.15, -0.1) is 0 Å². The highest BCUT2D eigenvalue weighted by Crippen LogP contribution is 2.30. The number of rotatable bonds is 4. The molecule has 0 bridgehead atoms. The molecule has 1 N–H and O–H groups in total. The number of nitrogens with zero attached hydrogens (tertiary/aromatic N) is 2. The SMILES string of the molecule is COc1ccccc1C(C)CNC(=O)N1CCCC2CN(C)CCC21. The molecule has 0 saturated carbocycles. The van der Waals surface area contributed by atoms with Crippen LogP contribution >= 0.6 is 0 Å². The highest BCUT2D eigenvalue weighted by molar-refractivity contribution is 5.74. The lowest BCUT2D eigenvalue weighted by Gasteiger charge is -2.46. The third kappa shape index (κ3) is 4.09.